The topological polar surface area (TPSA) is 59.8 Å². The van der Waals surface area contributed by atoms with E-state index in [0.717, 1.165) is 17.7 Å². The number of benzene rings is 2. The van der Waals surface area contributed by atoms with Crippen LogP contribution in [-0.4, -0.2) is 20.9 Å². The number of nitrogens with one attached hydrogen (secondary N) is 1. The lowest BCUT2D eigenvalue weighted by Gasteiger charge is -2.03. The Hall–Kier alpha value is -2.66. The SMILES string of the molecule is CCc1ccc(-n2cc(C(=O)NCc3cccc(Cl)c3)nn2)cc1. The number of hydrogen-bond acceptors (Lipinski definition) is 3. The van der Waals surface area contributed by atoms with Crippen LogP contribution >= 0.6 is 11.6 Å². The molecule has 0 saturated carbocycles. The minimum atomic E-state index is -0.272. The lowest BCUT2D eigenvalue weighted by molar-refractivity contribution is 0.0946. The number of aryl methyl sites for hydroxylation is 1. The van der Waals surface area contributed by atoms with E-state index in [1.165, 1.54) is 5.56 Å². The van der Waals surface area contributed by atoms with Crippen LogP contribution in [0.3, 0.4) is 0 Å². The highest BCUT2D eigenvalue weighted by Gasteiger charge is 2.11. The van der Waals surface area contributed by atoms with Gasteiger partial charge < -0.3 is 5.32 Å². The highest BCUT2D eigenvalue weighted by molar-refractivity contribution is 6.30. The quantitative estimate of drug-likeness (QED) is 0.774. The van der Waals surface area contributed by atoms with Crippen LogP contribution in [-0.2, 0) is 13.0 Å². The second-order valence-corrected chi connectivity index (χ2v) is 5.82. The molecule has 1 N–H and O–H groups in total. The van der Waals surface area contributed by atoms with Crippen molar-refractivity contribution in [3.63, 3.8) is 0 Å². The third-order valence-electron chi connectivity index (χ3n) is 3.68. The van der Waals surface area contributed by atoms with Crippen molar-refractivity contribution < 1.29 is 4.79 Å². The Bertz CT molecular complexity index is 842. The van der Waals surface area contributed by atoms with E-state index < -0.39 is 0 Å². The van der Waals surface area contributed by atoms with Gasteiger partial charge in [0.05, 0.1) is 11.9 Å². The van der Waals surface area contributed by atoms with Crippen LogP contribution in [0.5, 0.6) is 0 Å². The zero-order chi connectivity index (χ0) is 16.9. The Labute approximate surface area is 145 Å². The summed E-state index contributed by atoms with van der Waals surface area (Å²) in [6.07, 6.45) is 2.60. The van der Waals surface area contributed by atoms with Gasteiger partial charge in [-0.05, 0) is 41.8 Å². The summed E-state index contributed by atoms with van der Waals surface area (Å²) in [6, 6.07) is 15.3. The summed E-state index contributed by atoms with van der Waals surface area (Å²) in [5.74, 6) is -0.272. The fourth-order valence-corrected chi connectivity index (χ4v) is 2.51. The molecule has 0 atom stereocenters. The van der Waals surface area contributed by atoms with Gasteiger partial charge in [-0.2, -0.15) is 0 Å². The molecule has 0 spiro atoms. The van der Waals surface area contributed by atoms with Crippen molar-refractivity contribution in [3.8, 4) is 5.69 Å². The summed E-state index contributed by atoms with van der Waals surface area (Å²) >= 11 is 5.93. The van der Waals surface area contributed by atoms with Crippen molar-refractivity contribution in [3.05, 3.63) is 76.6 Å². The highest BCUT2D eigenvalue weighted by atomic mass is 35.5. The molecule has 0 bridgehead atoms. The lowest BCUT2D eigenvalue weighted by atomic mass is 10.1. The van der Waals surface area contributed by atoms with E-state index in [0.29, 0.717) is 11.6 Å². The molecule has 1 heterocycles. The van der Waals surface area contributed by atoms with Crippen molar-refractivity contribution in [2.24, 2.45) is 0 Å². The van der Waals surface area contributed by atoms with Crippen LogP contribution in [0.25, 0.3) is 5.69 Å². The molecule has 6 heteroatoms. The van der Waals surface area contributed by atoms with E-state index in [-0.39, 0.29) is 11.6 Å². The Kier molecular flexibility index (Phi) is 4.91. The van der Waals surface area contributed by atoms with Gasteiger partial charge in [0.15, 0.2) is 5.69 Å². The van der Waals surface area contributed by atoms with Gasteiger partial charge in [-0.3, -0.25) is 4.79 Å². The molecule has 5 nitrogen and oxygen atoms in total. The van der Waals surface area contributed by atoms with E-state index in [1.807, 2.05) is 42.5 Å². The van der Waals surface area contributed by atoms with Crippen LogP contribution < -0.4 is 5.32 Å². The molecule has 1 amide bonds. The van der Waals surface area contributed by atoms with E-state index >= 15 is 0 Å². The van der Waals surface area contributed by atoms with E-state index in [4.69, 9.17) is 11.6 Å². The second kappa shape index (κ2) is 7.27. The first-order chi connectivity index (χ1) is 11.7. The first-order valence-corrected chi connectivity index (χ1v) is 8.08. The van der Waals surface area contributed by atoms with E-state index in [9.17, 15) is 4.79 Å². The van der Waals surface area contributed by atoms with Crippen LogP contribution in [0.4, 0.5) is 0 Å². The summed E-state index contributed by atoms with van der Waals surface area (Å²) < 4.78 is 1.59. The van der Waals surface area contributed by atoms with Crippen molar-refractivity contribution in [1.29, 1.82) is 0 Å². The maximum atomic E-state index is 12.2. The largest absolute Gasteiger partial charge is 0.347 e. The molecule has 0 aliphatic heterocycles. The summed E-state index contributed by atoms with van der Waals surface area (Å²) in [7, 11) is 0. The van der Waals surface area contributed by atoms with Crippen molar-refractivity contribution >= 4 is 17.5 Å². The molecule has 0 unspecified atom stereocenters. The highest BCUT2D eigenvalue weighted by Crippen LogP contribution is 2.11. The molecule has 3 aromatic rings. The molecule has 0 aliphatic rings. The Morgan fingerprint density at radius 1 is 1.17 bits per heavy atom. The first-order valence-electron chi connectivity index (χ1n) is 7.70. The molecule has 2 aromatic carbocycles. The monoisotopic (exact) mass is 340 g/mol. The number of hydrogen-bond donors (Lipinski definition) is 1. The minimum absolute atomic E-state index is 0.272. The van der Waals surface area contributed by atoms with Crippen LogP contribution in [0.1, 0.15) is 28.5 Å². The van der Waals surface area contributed by atoms with E-state index in [1.54, 1.807) is 16.9 Å². The van der Waals surface area contributed by atoms with Gasteiger partial charge in [-0.25, -0.2) is 4.68 Å². The van der Waals surface area contributed by atoms with Gasteiger partial charge in [-0.1, -0.05) is 48.0 Å². The summed E-state index contributed by atoms with van der Waals surface area (Å²) in [6.45, 7) is 2.49. The molecule has 0 radical (unpaired) electrons. The van der Waals surface area contributed by atoms with Gasteiger partial charge in [0, 0.05) is 11.6 Å². The number of halogens is 1. The first kappa shape index (κ1) is 16.2. The lowest BCUT2D eigenvalue weighted by Crippen LogP contribution is -2.23. The number of aromatic nitrogens is 3. The van der Waals surface area contributed by atoms with Gasteiger partial charge in [-0.15, -0.1) is 5.10 Å². The van der Waals surface area contributed by atoms with Crippen LogP contribution in [0.15, 0.2) is 54.7 Å². The zero-order valence-corrected chi connectivity index (χ0v) is 14.0. The fourth-order valence-electron chi connectivity index (χ4n) is 2.30. The summed E-state index contributed by atoms with van der Waals surface area (Å²) in [4.78, 5) is 12.2. The fraction of sp³-hybridized carbons (Fsp3) is 0.167. The number of nitrogens with zero attached hydrogens (tertiary/aromatic N) is 3. The van der Waals surface area contributed by atoms with Gasteiger partial charge in [0.25, 0.3) is 5.91 Å². The predicted molar refractivity (Wildman–Crippen MR) is 93.4 cm³/mol. The third-order valence-corrected chi connectivity index (χ3v) is 3.91. The number of carbonyl (C=O) groups excluding carboxylic acids is 1. The Balaban J connectivity index is 1.66. The average Bonchev–Trinajstić information content (AvgIpc) is 3.10. The molecule has 24 heavy (non-hydrogen) atoms. The second-order valence-electron chi connectivity index (χ2n) is 5.38. The molecule has 3 rings (SSSR count). The maximum absolute atomic E-state index is 12.2. The standard InChI is InChI=1S/C18H17ClN4O/c1-2-13-6-8-16(9-7-13)23-12-17(21-22-23)18(24)20-11-14-4-3-5-15(19)10-14/h3-10,12H,2,11H2,1H3,(H,20,24). The Morgan fingerprint density at radius 3 is 2.67 bits per heavy atom. The Morgan fingerprint density at radius 2 is 1.96 bits per heavy atom. The third kappa shape index (κ3) is 3.81. The minimum Gasteiger partial charge on any atom is -0.347 e. The number of carbonyl (C=O) groups is 1. The molecular weight excluding hydrogens is 324 g/mol. The summed E-state index contributed by atoms with van der Waals surface area (Å²) in [5, 5.41) is 11.4. The molecule has 0 aliphatic carbocycles. The average molecular weight is 341 g/mol. The predicted octanol–water partition coefficient (Wildman–Crippen LogP) is 3.41. The number of rotatable bonds is 5. The molecule has 1 aromatic heterocycles. The molecular formula is C18H17ClN4O. The van der Waals surface area contributed by atoms with Crippen molar-refractivity contribution in [2.75, 3.05) is 0 Å². The van der Waals surface area contributed by atoms with Gasteiger partial charge >= 0.3 is 0 Å². The zero-order valence-electron chi connectivity index (χ0n) is 13.2. The number of amides is 1. The van der Waals surface area contributed by atoms with Crippen LogP contribution in [0, 0.1) is 0 Å². The smallest absolute Gasteiger partial charge is 0.273 e. The maximum Gasteiger partial charge on any atom is 0.273 e. The van der Waals surface area contributed by atoms with Crippen molar-refractivity contribution in [2.45, 2.75) is 19.9 Å². The molecule has 122 valence electrons. The normalized spacial score (nSPS) is 10.6. The van der Waals surface area contributed by atoms with Gasteiger partial charge in [0.1, 0.15) is 0 Å². The van der Waals surface area contributed by atoms with Crippen molar-refractivity contribution in [1.82, 2.24) is 20.3 Å². The molecule has 0 saturated heterocycles. The van der Waals surface area contributed by atoms with Crippen LogP contribution in [0.2, 0.25) is 5.02 Å². The molecule has 0 fully saturated rings. The van der Waals surface area contributed by atoms with Gasteiger partial charge in [0.2, 0.25) is 0 Å². The summed E-state index contributed by atoms with van der Waals surface area (Å²) in [5.41, 5.74) is 3.32. The van der Waals surface area contributed by atoms with E-state index in [2.05, 4.69) is 22.6 Å².